The summed E-state index contributed by atoms with van der Waals surface area (Å²) < 4.78 is 5.05. The highest BCUT2D eigenvalue weighted by molar-refractivity contribution is 14.0. The second-order valence-corrected chi connectivity index (χ2v) is 7.39. The summed E-state index contributed by atoms with van der Waals surface area (Å²) in [6.45, 7) is 1.37. The van der Waals surface area contributed by atoms with Gasteiger partial charge < -0.3 is 15.4 Å². The number of aliphatic imine (C=N–C) groups is 1. The van der Waals surface area contributed by atoms with E-state index in [1.54, 1.807) is 26.4 Å². The van der Waals surface area contributed by atoms with E-state index in [0.29, 0.717) is 31.5 Å². The number of guanidine groups is 1. The summed E-state index contributed by atoms with van der Waals surface area (Å²) in [4.78, 5) is 35.1. The molecule has 3 aliphatic rings. The second-order valence-electron chi connectivity index (χ2n) is 7.39. The number of nitrogens with zero attached hydrogens (tertiary/aromatic N) is 3. The van der Waals surface area contributed by atoms with Crippen LogP contribution < -0.4 is 15.4 Å². The number of amides is 2. The molecule has 9 heteroatoms. The summed E-state index contributed by atoms with van der Waals surface area (Å²) in [5, 5.41) is 6.36. The Labute approximate surface area is 187 Å². The summed E-state index contributed by atoms with van der Waals surface area (Å²) in [6.07, 6.45) is 6.91. The van der Waals surface area contributed by atoms with Crippen molar-refractivity contribution in [3.8, 4) is 5.88 Å². The molecule has 4 unspecified atom stereocenters. The first kappa shape index (κ1) is 21.5. The lowest BCUT2D eigenvalue weighted by Crippen LogP contribution is -2.43. The molecular formula is C20H26IN5O3. The maximum absolute atomic E-state index is 12.7. The smallest absolute Gasteiger partial charge is 0.233 e. The Morgan fingerprint density at radius 1 is 1.21 bits per heavy atom. The SMILES string of the molecule is CN=C(NCCN1C(=O)C2C3C=CC(C3)C2C1=O)NCc1ccc(OC)nc1.I. The Hall–Kier alpha value is -2.17. The first-order valence-electron chi connectivity index (χ1n) is 9.59. The molecule has 2 N–H and O–H groups in total. The minimum Gasteiger partial charge on any atom is -0.481 e. The third kappa shape index (κ3) is 4.10. The molecule has 2 aliphatic carbocycles. The molecule has 2 bridgehead atoms. The van der Waals surface area contributed by atoms with E-state index in [4.69, 9.17) is 4.74 Å². The summed E-state index contributed by atoms with van der Waals surface area (Å²) in [5.74, 6) is 1.37. The summed E-state index contributed by atoms with van der Waals surface area (Å²) in [6, 6.07) is 3.73. The topological polar surface area (TPSA) is 95.9 Å². The van der Waals surface area contributed by atoms with Gasteiger partial charge in [-0.05, 0) is 23.8 Å². The van der Waals surface area contributed by atoms with Crippen LogP contribution in [0.15, 0.2) is 35.5 Å². The second kappa shape index (κ2) is 9.10. The number of carbonyl (C=O) groups excluding carboxylic acids is 2. The van der Waals surface area contributed by atoms with E-state index < -0.39 is 0 Å². The van der Waals surface area contributed by atoms with Gasteiger partial charge in [0.1, 0.15) is 0 Å². The molecule has 0 radical (unpaired) electrons. The van der Waals surface area contributed by atoms with Crippen LogP contribution in [0.25, 0.3) is 0 Å². The van der Waals surface area contributed by atoms with Crippen LogP contribution in [0.3, 0.4) is 0 Å². The Morgan fingerprint density at radius 2 is 1.90 bits per heavy atom. The van der Waals surface area contributed by atoms with E-state index in [1.165, 1.54) is 4.90 Å². The molecule has 1 aromatic rings. The van der Waals surface area contributed by atoms with Crippen LogP contribution in [-0.2, 0) is 16.1 Å². The molecule has 4 rings (SSSR count). The number of hydrogen-bond donors (Lipinski definition) is 2. The van der Waals surface area contributed by atoms with Crippen LogP contribution >= 0.6 is 24.0 Å². The molecule has 156 valence electrons. The van der Waals surface area contributed by atoms with Crippen LogP contribution in [0.5, 0.6) is 5.88 Å². The maximum Gasteiger partial charge on any atom is 0.233 e. The fourth-order valence-electron chi connectivity index (χ4n) is 4.51. The summed E-state index contributed by atoms with van der Waals surface area (Å²) in [5.41, 5.74) is 0.990. The van der Waals surface area contributed by atoms with Crippen LogP contribution in [0.2, 0.25) is 0 Å². The van der Waals surface area contributed by atoms with Gasteiger partial charge in [0.2, 0.25) is 17.7 Å². The number of pyridine rings is 1. The zero-order valence-electron chi connectivity index (χ0n) is 16.5. The molecule has 1 saturated carbocycles. The van der Waals surface area contributed by atoms with Gasteiger partial charge in [-0.15, -0.1) is 24.0 Å². The Balaban J connectivity index is 0.00000240. The number of imide groups is 1. The molecule has 2 fully saturated rings. The van der Waals surface area contributed by atoms with Gasteiger partial charge >= 0.3 is 0 Å². The van der Waals surface area contributed by atoms with Crippen molar-refractivity contribution < 1.29 is 14.3 Å². The quantitative estimate of drug-likeness (QED) is 0.196. The first-order chi connectivity index (χ1) is 13.6. The summed E-state index contributed by atoms with van der Waals surface area (Å²) >= 11 is 0. The van der Waals surface area contributed by atoms with E-state index in [9.17, 15) is 9.59 Å². The minimum absolute atomic E-state index is 0. The standard InChI is InChI=1S/C20H25N5O3.HI/c1-21-20(24-11-12-3-6-15(28-2)23-10-12)22-7-8-25-18(26)16-13-4-5-14(9-13)17(16)19(25)27;/h3-6,10,13-14,16-17H,7-9,11H2,1-2H3,(H2,21,22,24);1H. The molecule has 1 aliphatic heterocycles. The Bertz CT molecular complexity index is 796. The minimum atomic E-state index is -0.137. The van der Waals surface area contributed by atoms with Gasteiger partial charge in [0.25, 0.3) is 0 Å². The lowest BCUT2D eigenvalue weighted by Gasteiger charge is -2.18. The number of nitrogens with one attached hydrogen (secondary N) is 2. The first-order valence-corrected chi connectivity index (χ1v) is 9.59. The normalized spacial score (nSPS) is 27.1. The van der Waals surface area contributed by atoms with Crippen molar-refractivity contribution in [2.75, 3.05) is 27.2 Å². The Kier molecular flexibility index (Phi) is 6.76. The largest absolute Gasteiger partial charge is 0.481 e. The number of rotatable bonds is 6. The molecule has 0 spiro atoms. The van der Waals surface area contributed by atoms with Gasteiger partial charge in [0, 0.05) is 38.9 Å². The van der Waals surface area contributed by atoms with E-state index in [0.717, 1.165) is 12.0 Å². The van der Waals surface area contributed by atoms with Crippen LogP contribution in [-0.4, -0.2) is 54.9 Å². The highest BCUT2D eigenvalue weighted by atomic mass is 127. The number of aromatic nitrogens is 1. The van der Waals surface area contributed by atoms with Crippen molar-refractivity contribution in [3.05, 3.63) is 36.0 Å². The average Bonchev–Trinajstić information content (AvgIpc) is 3.40. The van der Waals surface area contributed by atoms with Crippen LogP contribution in [0.1, 0.15) is 12.0 Å². The highest BCUT2D eigenvalue weighted by Crippen LogP contribution is 2.52. The average molecular weight is 511 g/mol. The number of allylic oxidation sites excluding steroid dienone is 2. The van der Waals surface area contributed by atoms with Gasteiger partial charge in [-0.1, -0.05) is 18.2 Å². The predicted octanol–water partition coefficient (Wildman–Crippen LogP) is 1.18. The number of ether oxygens (including phenoxy) is 1. The van der Waals surface area contributed by atoms with E-state index in [2.05, 4.69) is 32.8 Å². The van der Waals surface area contributed by atoms with Gasteiger partial charge in [0.15, 0.2) is 5.96 Å². The van der Waals surface area contributed by atoms with Crippen molar-refractivity contribution >= 4 is 41.8 Å². The number of methoxy groups -OCH3 is 1. The third-order valence-electron chi connectivity index (χ3n) is 5.88. The van der Waals surface area contributed by atoms with Crippen molar-refractivity contribution in [2.45, 2.75) is 13.0 Å². The molecule has 29 heavy (non-hydrogen) atoms. The molecule has 8 nitrogen and oxygen atoms in total. The van der Waals surface area contributed by atoms with Crippen LogP contribution in [0, 0.1) is 23.7 Å². The number of likely N-dealkylation sites (tertiary alicyclic amines) is 1. The lowest BCUT2D eigenvalue weighted by atomic mass is 9.85. The van der Waals surface area contributed by atoms with E-state index in [1.807, 2.05) is 6.07 Å². The van der Waals surface area contributed by atoms with Crippen LogP contribution in [0.4, 0.5) is 0 Å². The zero-order chi connectivity index (χ0) is 19.7. The maximum atomic E-state index is 12.7. The van der Waals surface area contributed by atoms with Gasteiger partial charge in [-0.2, -0.15) is 0 Å². The fourth-order valence-corrected chi connectivity index (χ4v) is 4.51. The molecule has 2 heterocycles. The van der Waals surface area contributed by atoms with Crippen molar-refractivity contribution in [3.63, 3.8) is 0 Å². The third-order valence-corrected chi connectivity index (χ3v) is 5.88. The number of carbonyl (C=O) groups is 2. The van der Waals surface area contributed by atoms with Crippen molar-refractivity contribution in [1.82, 2.24) is 20.5 Å². The summed E-state index contributed by atoms with van der Waals surface area (Å²) in [7, 11) is 3.26. The fraction of sp³-hybridized carbons (Fsp3) is 0.500. The monoisotopic (exact) mass is 511 g/mol. The molecule has 4 atom stereocenters. The molecule has 0 aromatic carbocycles. The van der Waals surface area contributed by atoms with E-state index in [-0.39, 0.29) is 59.5 Å². The predicted molar refractivity (Wildman–Crippen MR) is 119 cm³/mol. The zero-order valence-corrected chi connectivity index (χ0v) is 18.8. The Morgan fingerprint density at radius 3 is 2.45 bits per heavy atom. The van der Waals surface area contributed by atoms with Gasteiger partial charge in [-0.25, -0.2) is 4.98 Å². The van der Waals surface area contributed by atoms with Crippen molar-refractivity contribution in [2.24, 2.45) is 28.7 Å². The number of fused-ring (bicyclic) bond motifs is 5. The van der Waals surface area contributed by atoms with Gasteiger partial charge in [-0.3, -0.25) is 19.5 Å². The molecule has 2 amide bonds. The van der Waals surface area contributed by atoms with Crippen molar-refractivity contribution in [1.29, 1.82) is 0 Å². The number of hydrogen-bond acceptors (Lipinski definition) is 5. The molecular weight excluding hydrogens is 485 g/mol. The number of halogens is 1. The molecule has 1 saturated heterocycles. The lowest BCUT2D eigenvalue weighted by molar-refractivity contribution is -0.140. The highest BCUT2D eigenvalue weighted by Gasteiger charge is 2.58. The van der Waals surface area contributed by atoms with E-state index >= 15 is 0 Å². The van der Waals surface area contributed by atoms with Gasteiger partial charge in [0.05, 0.1) is 18.9 Å². The molecule has 1 aromatic heterocycles.